The van der Waals surface area contributed by atoms with Crippen LogP contribution in [0.4, 0.5) is 0 Å². The summed E-state index contributed by atoms with van der Waals surface area (Å²) in [5.74, 6) is 0.280. The third kappa shape index (κ3) is 7.37. The molecule has 0 fully saturated rings. The Morgan fingerprint density at radius 2 is 1.74 bits per heavy atom. The lowest BCUT2D eigenvalue weighted by Gasteiger charge is -2.29. The van der Waals surface area contributed by atoms with Crippen molar-refractivity contribution in [1.29, 1.82) is 5.41 Å². The van der Waals surface area contributed by atoms with Gasteiger partial charge in [0.1, 0.15) is 18.1 Å². The summed E-state index contributed by atoms with van der Waals surface area (Å²) in [6, 6.07) is 19.4. The van der Waals surface area contributed by atoms with Gasteiger partial charge in [0, 0.05) is 25.5 Å². The van der Waals surface area contributed by atoms with E-state index in [1.807, 2.05) is 36.2 Å². The Kier molecular flexibility index (Phi) is 9.57. The lowest BCUT2D eigenvalue weighted by Crippen LogP contribution is -2.52. The van der Waals surface area contributed by atoms with Crippen LogP contribution >= 0.6 is 0 Å². The molecule has 1 aromatic heterocycles. The topological polar surface area (TPSA) is 111 Å². The highest BCUT2D eigenvalue weighted by molar-refractivity contribution is 6.46. The van der Waals surface area contributed by atoms with E-state index in [4.69, 9.17) is 10.1 Å². The van der Waals surface area contributed by atoms with E-state index in [0.29, 0.717) is 49.2 Å². The second-order valence-corrected chi connectivity index (χ2v) is 10.2. The quantitative estimate of drug-likeness (QED) is 0.310. The zero-order chi connectivity index (χ0) is 27.8. The molecule has 204 valence electrons. The van der Waals surface area contributed by atoms with Gasteiger partial charge in [-0.15, -0.1) is 0 Å². The van der Waals surface area contributed by atoms with Gasteiger partial charge in [-0.2, -0.15) is 0 Å². The summed E-state index contributed by atoms with van der Waals surface area (Å²) in [5.41, 5.74) is 4.45. The van der Waals surface area contributed by atoms with Crippen LogP contribution in [-0.2, 0) is 11.4 Å². The maximum atomic E-state index is 13.2. The molecule has 0 bridgehead atoms. The van der Waals surface area contributed by atoms with E-state index < -0.39 is 5.92 Å². The first-order valence-corrected chi connectivity index (χ1v) is 13.3. The van der Waals surface area contributed by atoms with Gasteiger partial charge in [-0.05, 0) is 59.5 Å². The monoisotopic (exact) mass is 527 g/mol. The molecular weight excluding hydrogens is 490 g/mol. The van der Waals surface area contributed by atoms with E-state index in [-0.39, 0.29) is 24.3 Å². The summed E-state index contributed by atoms with van der Waals surface area (Å²) in [4.78, 5) is 23.9. The number of amides is 1. The molecular formula is C31H37N5O3. The molecule has 1 aliphatic rings. The molecule has 1 amide bonds. The first kappa shape index (κ1) is 28.1. The summed E-state index contributed by atoms with van der Waals surface area (Å²) >= 11 is 0. The van der Waals surface area contributed by atoms with Crippen molar-refractivity contribution in [3.05, 3.63) is 95.3 Å². The minimum atomic E-state index is -0.638. The number of nitrogens with one attached hydrogen (secondary N) is 2. The van der Waals surface area contributed by atoms with Crippen LogP contribution in [-0.4, -0.2) is 71.7 Å². The lowest BCUT2D eigenvalue weighted by atomic mass is 9.85. The van der Waals surface area contributed by atoms with Crippen molar-refractivity contribution in [2.24, 2.45) is 4.99 Å². The molecule has 2 unspecified atom stereocenters. The fourth-order valence-electron chi connectivity index (χ4n) is 4.63. The molecule has 0 saturated heterocycles. The zero-order valence-electron chi connectivity index (χ0n) is 22.8. The van der Waals surface area contributed by atoms with Crippen molar-refractivity contribution in [3.63, 3.8) is 0 Å². The van der Waals surface area contributed by atoms with Gasteiger partial charge >= 0.3 is 0 Å². The molecule has 8 nitrogen and oxygen atoms in total. The van der Waals surface area contributed by atoms with Gasteiger partial charge in [0.05, 0.1) is 30.8 Å². The Labute approximate surface area is 230 Å². The number of pyridine rings is 1. The van der Waals surface area contributed by atoms with Gasteiger partial charge < -0.3 is 25.5 Å². The van der Waals surface area contributed by atoms with Gasteiger partial charge in [0.2, 0.25) is 0 Å². The number of likely N-dealkylation sites (N-methyl/N-ethyl adjacent to an activating group) is 1. The van der Waals surface area contributed by atoms with Crippen LogP contribution in [0.5, 0.6) is 5.75 Å². The highest BCUT2D eigenvalue weighted by atomic mass is 16.5. The third-order valence-corrected chi connectivity index (χ3v) is 6.88. The van der Waals surface area contributed by atoms with E-state index in [1.54, 1.807) is 24.5 Å². The first-order chi connectivity index (χ1) is 18.9. The van der Waals surface area contributed by atoms with E-state index in [9.17, 15) is 9.90 Å². The second-order valence-electron chi connectivity index (χ2n) is 10.2. The van der Waals surface area contributed by atoms with Crippen molar-refractivity contribution >= 4 is 17.3 Å². The molecule has 2 atom stereocenters. The third-order valence-electron chi connectivity index (χ3n) is 6.88. The van der Waals surface area contributed by atoms with Crippen molar-refractivity contribution in [1.82, 2.24) is 15.2 Å². The SMILES string of the molecule is CC(C)c1ccc(COc2ccc(C(C(=N)c3ccncc3)C3=NCC(CN(C)CCO)NC3=O)cc2)cc1. The molecule has 4 rings (SSSR count). The highest BCUT2D eigenvalue weighted by Gasteiger charge is 2.33. The fourth-order valence-corrected chi connectivity index (χ4v) is 4.63. The molecule has 0 aliphatic carbocycles. The average molecular weight is 528 g/mol. The number of aliphatic hydroxyl groups is 1. The number of carbonyl (C=O) groups excluding carboxylic acids is 1. The number of carbonyl (C=O) groups is 1. The number of benzene rings is 2. The number of ether oxygens (including phenoxy) is 1. The number of hydrogen-bond acceptors (Lipinski definition) is 7. The van der Waals surface area contributed by atoms with E-state index in [1.165, 1.54) is 5.56 Å². The Morgan fingerprint density at radius 3 is 2.36 bits per heavy atom. The van der Waals surface area contributed by atoms with Crippen LogP contribution in [0.3, 0.4) is 0 Å². The van der Waals surface area contributed by atoms with Gasteiger partial charge in [-0.1, -0.05) is 50.2 Å². The summed E-state index contributed by atoms with van der Waals surface area (Å²) in [6.07, 6.45) is 3.28. The molecule has 39 heavy (non-hydrogen) atoms. The predicted molar refractivity (Wildman–Crippen MR) is 154 cm³/mol. The van der Waals surface area contributed by atoms with E-state index >= 15 is 0 Å². The molecule has 3 N–H and O–H groups in total. The molecule has 3 aromatic rings. The molecule has 2 heterocycles. The molecule has 0 spiro atoms. The van der Waals surface area contributed by atoms with Gasteiger partial charge in [-0.3, -0.25) is 14.8 Å². The standard InChI is InChI=1S/C31H37N5O3/c1-21(2)23-6-4-22(5-7-23)20-39-27-10-8-24(9-11-27)28(29(32)25-12-14-33-15-13-25)30-31(38)35-26(18-34-30)19-36(3)16-17-37/h4-15,21,26,28,32,37H,16-20H2,1-3H3,(H,35,38). The smallest absolute Gasteiger partial charge is 0.266 e. The Balaban J connectivity index is 1.53. The van der Waals surface area contributed by atoms with Crippen LogP contribution in [0.2, 0.25) is 0 Å². The predicted octanol–water partition coefficient (Wildman–Crippen LogP) is 3.80. The van der Waals surface area contributed by atoms with E-state index in [0.717, 1.165) is 11.1 Å². The normalized spacial score (nSPS) is 16.1. The van der Waals surface area contributed by atoms with Crippen LogP contribution in [0.25, 0.3) is 0 Å². The van der Waals surface area contributed by atoms with Crippen molar-refractivity contribution in [3.8, 4) is 5.75 Å². The summed E-state index contributed by atoms with van der Waals surface area (Å²) < 4.78 is 6.02. The van der Waals surface area contributed by atoms with E-state index in [2.05, 4.69) is 53.4 Å². The number of nitrogens with zero attached hydrogens (tertiary/aromatic N) is 3. The zero-order valence-corrected chi connectivity index (χ0v) is 22.8. The summed E-state index contributed by atoms with van der Waals surface area (Å²) in [6.45, 7) is 6.38. The molecule has 0 radical (unpaired) electrons. The van der Waals surface area contributed by atoms with Crippen LogP contribution < -0.4 is 10.1 Å². The fraction of sp³-hybridized carbons (Fsp3) is 0.355. The van der Waals surface area contributed by atoms with Crippen molar-refractivity contribution < 1.29 is 14.6 Å². The first-order valence-electron chi connectivity index (χ1n) is 13.3. The minimum Gasteiger partial charge on any atom is -0.489 e. The Hall–Kier alpha value is -3.88. The maximum absolute atomic E-state index is 13.2. The largest absolute Gasteiger partial charge is 0.489 e. The van der Waals surface area contributed by atoms with Crippen LogP contribution in [0, 0.1) is 5.41 Å². The van der Waals surface area contributed by atoms with Gasteiger partial charge in [-0.25, -0.2) is 0 Å². The average Bonchev–Trinajstić information content (AvgIpc) is 2.94. The highest BCUT2D eigenvalue weighted by Crippen LogP contribution is 2.27. The second kappa shape index (κ2) is 13.3. The molecule has 1 aliphatic heterocycles. The number of aliphatic hydroxyl groups excluding tert-OH is 1. The lowest BCUT2D eigenvalue weighted by molar-refractivity contribution is -0.116. The van der Waals surface area contributed by atoms with Crippen molar-refractivity contribution in [2.45, 2.75) is 38.3 Å². The maximum Gasteiger partial charge on any atom is 0.266 e. The van der Waals surface area contributed by atoms with Gasteiger partial charge in [0.15, 0.2) is 0 Å². The molecule has 0 saturated carbocycles. The van der Waals surface area contributed by atoms with Crippen molar-refractivity contribution in [2.75, 3.05) is 33.3 Å². The van der Waals surface area contributed by atoms with Crippen LogP contribution in [0.1, 0.15) is 47.9 Å². The Bertz CT molecular complexity index is 1270. The van der Waals surface area contributed by atoms with Gasteiger partial charge in [0.25, 0.3) is 5.91 Å². The summed E-state index contributed by atoms with van der Waals surface area (Å²) in [5, 5.41) is 21.2. The molecule has 2 aromatic carbocycles. The Morgan fingerprint density at radius 1 is 1.08 bits per heavy atom. The minimum absolute atomic E-state index is 0.0565. The summed E-state index contributed by atoms with van der Waals surface area (Å²) in [7, 11) is 1.90. The molecule has 8 heteroatoms. The number of rotatable bonds is 12. The van der Waals surface area contributed by atoms with Crippen LogP contribution in [0.15, 0.2) is 78.0 Å². The number of aromatic nitrogens is 1. The number of aliphatic imine (C=N–C) groups is 1. The number of hydrogen-bond donors (Lipinski definition) is 3.